The van der Waals surface area contributed by atoms with Gasteiger partial charge >= 0.3 is 12.1 Å². The van der Waals surface area contributed by atoms with Crippen LogP contribution in [0.25, 0.3) is 0 Å². The molecule has 154 valence electrons. The number of hydrogen-bond acceptors (Lipinski definition) is 3. The van der Waals surface area contributed by atoms with Gasteiger partial charge in [0.05, 0.1) is 18.0 Å². The van der Waals surface area contributed by atoms with E-state index in [1.807, 2.05) is 13.8 Å². The van der Waals surface area contributed by atoms with Crippen molar-refractivity contribution in [1.82, 2.24) is 0 Å². The zero-order valence-corrected chi connectivity index (χ0v) is 15.9. The minimum atomic E-state index is -1.61. The van der Waals surface area contributed by atoms with Gasteiger partial charge in [-0.05, 0) is 18.1 Å². The molecule has 0 fully saturated rings. The number of amides is 3. The van der Waals surface area contributed by atoms with Crippen LogP contribution < -0.4 is 15.1 Å². The standard InChI is InChI=1S/C20H20F3N3O3/c1-12(2)11-29-20(28)26-8-7-25(16-5-3-4-6-17(16)26)19(27)24-13-9-14(21)18(23)15(22)10-13/h3-6,9-10,12H,7-8,11H2,1-2H3,(H,24,27). The lowest BCUT2D eigenvalue weighted by molar-refractivity contribution is 0.140. The van der Waals surface area contributed by atoms with E-state index in [0.717, 1.165) is 0 Å². The molecular weight excluding hydrogens is 387 g/mol. The normalized spacial score (nSPS) is 13.3. The summed E-state index contributed by atoms with van der Waals surface area (Å²) in [5.41, 5.74) is 0.683. The summed E-state index contributed by atoms with van der Waals surface area (Å²) in [6.45, 7) is 4.41. The highest BCUT2D eigenvalue weighted by atomic mass is 19.2. The fourth-order valence-corrected chi connectivity index (χ4v) is 2.90. The summed E-state index contributed by atoms with van der Waals surface area (Å²) in [7, 11) is 0. The van der Waals surface area contributed by atoms with Crippen molar-refractivity contribution in [2.24, 2.45) is 5.92 Å². The van der Waals surface area contributed by atoms with Crippen LogP contribution in [0.3, 0.4) is 0 Å². The lowest BCUT2D eigenvalue weighted by Gasteiger charge is -2.35. The first-order valence-electron chi connectivity index (χ1n) is 9.04. The predicted octanol–water partition coefficient (Wildman–Crippen LogP) is 4.76. The first kappa shape index (κ1) is 20.5. The van der Waals surface area contributed by atoms with Gasteiger partial charge < -0.3 is 10.1 Å². The van der Waals surface area contributed by atoms with Crippen LogP contribution in [0.2, 0.25) is 0 Å². The van der Waals surface area contributed by atoms with Gasteiger partial charge in [0.1, 0.15) is 0 Å². The Labute approximate surface area is 165 Å². The molecule has 1 heterocycles. The maximum absolute atomic E-state index is 13.4. The molecule has 1 N–H and O–H groups in total. The zero-order valence-electron chi connectivity index (χ0n) is 15.9. The number of nitrogens with zero attached hydrogens (tertiary/aromatic N) is 2. The lowest BCUT2D eigenvalue weighted by atomic mass is 10.2. The maximum Gasteiger partial charge on any atom is 0.414 e. The molecule has 9 heteroatoms. The average Bonchev–Trinajstić information content (AvgIpc) is 2.69. The molecule has 0 aromatic heterocycles. The van der Waals surface area contributed by atoms with Crippen LogP contribution in [-0.2, 0) is 4.74 Å². The second-order valence-corrected chi connectivity index (χ2v) is 6.95. The summed E-state index contributed by atoms with van der Waals surface area (Å²) in [5, 5.41) is 2.35. The molecule has 2 aromatic carbocycles. The molecular formula is C20H20F3N3O3. The quantitative estimate of drug-likeness (QED) is 0.747. The van der Waals surface area contributed by atoms with Crippen LogP contribution >= 0.6 is 0 Å². The molecule has 0 aliphatic carbocycles. The van der Waals surface area contributed by atoms with E-state index >= 15 is 0 Å². The van der Waals surface area contributed by atoms with Gasteiger partial charge in [-0.2, -0.15) is 0 Å². The molecule has 3 amide bonds. The molecule has 6 nitrogen and oxygen atoms in total. The Morgan fingerprint density at radius 3 is 2.17 bits per heavy atom. The number of hydrogen-bond donors (Lipinski definition) is 1. The van der Waals surface area contributed by atoms with E-state index in [0.29, 0.717) is 23.5 Å². The molecule has 0 saturated heterocycles. The number of carbonyl (C=O) groups is 2. The molecule has 1 aliphatic heterocycles. The van der Waals surface area contributed by atoms with E-state index in [-0.39, 0.29) is 31.3 Å². The molecule has 1 aliphatic rings. The summed E-state index contributed by atoms with van der Waals surface area (Å²) in [6, 6.07) is 7.44. The van der Waals surface area contributed by atoms with E-state index in [2.05, 4.69) is 5.32 Å². The van der Waals surface area contributed by atoms with Crippen LogP contribution in [0, 0.1) is 23.4 Å². The molecule has 0 saturated carbocycles. The Morgan fingerprint density at radius 1 is 1.03 bits per heavy atom. The minimum absolute atomic E-state index is 0.131. The molecule has 0 unspecified atom stereocenters. The van der Waals surface area contributed by atoms with E-state index in [4.69, 9.17) is 4.74 Å². The van der Waals surface area contributed by atoms with Gasteiger partial charge in [0.2, 0.25) is 0 Å². The third-order valence-corrected chi connectivity index (χ3v) is 4.25. The van der Waals surface area contributed by atoms with E-state index < -0.39 is 29.6 Å². The van der Waals surface area contributed by atoms with Crippen molar-refractivity contribution in [3.63, 3.8) is 0 Å². The van der Waals surface area contributed by atoms with Gasteiger partial charge in [0, 0.05) is 30.9 Å². The van der Waals surface area contributed by atoms with E-state index in [1.165, 1.54) is 9.80 Å². The Morgan fingerprint density at radius 2 is 1.59 bits per heavy atom. The summed E-state index contributed by atoms with van der Waals surface area (Å²) < 4.78 is 45.2. The van der Waals surface area contributed by atoms with Gasteiger partial charge in [-0.15, -0.1) is 0 Å². The number of halogens is 3. The summed E-state index contributed by atoms with van der Waals surface area (Å²) >= 11 is 0. The Kier molecular flexibility index (Phi) is 5.95. The van der Waals surface area contributed by atoms with Gasteiger partial charge in [-0.25, -0.2) is 22.8 Å². The van der Waals surface area contributed by atoms with E-state index in [1.54, 1.807) is 24.3 Å². The minimum Gasteiger partial charge on any atom is -0.449 e. The van der Waals surface area contributed by atoms with Crippen molar-refractivity contribution < 1.29 is 27.5 Å². The first-order chi connectivity index (χ1) is 13.8. The van der Waals surface area contributed by atoms with Crippen LogP contribution in [0.4, 0.5) is 39.8 Å². The van der Waals surface area contributed by atoms with Crippen LogP contribution in [-0.4, -0.2) is 31.8 Å². The molecule has 0 bridgehead atoms. The van der Waals surface area contributed by atoms with Crippen molar-refractivity contribution in [2.75, 3.05) is 34.8 Å². The second-order valence-electron chi connectivity index (χ2n) is 6.95. The number of nitrogens with one attached hydrogen (secondary N) is 1. The zero-order chi connectivity index (χ0) is 21.1. The third kappa shape index (κ3) is 4.44. The summed E-state index contributed by atoms with van der Waals surface area (Å²) in [4.78, 5) is 27.8. The molecule has 3 rings (SSSR count). The summed E-state index contributed by atoms with van der Waals surface area (Å²) in [6.07, 6.45) is -0.520. The Hall–Kier alpha value is -3.23. The number of para-hydroxylation sites is 2. The highest BCUT2D eigenvalue weighted by Crippen LogP contribution is 2.33. The average molecular weight is 407 g/mol. The van der Waals surface area contributed by atoms with Crippen LogP contribution in [0.5, 0.6) is 0 Å². The number of urea groups is 1. The van der Waals surface area contributed by atoms with Crippen molar-refractivity contribution in [3.05, 3.63) is 53.8 Å². The monoisotopic (exact) mass is 407 g/mol. The first-order valence-corrected chi connectivity index (χ1v) is 9.04. The third-order valence-electron chi connectivity index (χ3n) is 4.25. The van der Waals surface area contributed by atoms with Crippen molar-refractivity contribution in [2.45, 2.75) is 13.8 Å². The number of ether oxygens (including phenoxy) is 1. The largest absolute Gasteiger partial charge is 0.449 e. The van der Waals surface area contributed by atoms with Gasteiger partial charge in [-0.3, -0.25) is 9.80 Å². The van der Waals surface area contributed by atoms with Crippen LogP contribution in [0.15, 0.2) is 36.4 Å². The number of anilines is 3. The lowest BCUT2D eigenvalue weighted by Crippen LogP contribution is -2.48. The Balaban J connectivity index is 1.81. The van der Waals surface area contributed by atoms with Gasteiger partial charge in [0.25, 0.3) is 0 Å². The topological polar surface area (TPSA) is 61.9 Å². The van der Waals surface area contributed by atoms with Crippen molar-refractivity contribution in [3.8, 4) is 0 Å². The number of carbonyl (C=O) groups excluding carboxylic acids is 2. The maximum atomic E-state index is 13.4. The highest BCUT2D eigenvalue weighted by Gasteiger charge is 2.31. The molecule has 0 spiro atoms. The fourth-order valence-electron chi connectivity index (χ4n) is 2.90. The van der Waals surface area contributed by atoms with Crippen LogP contribution in [0.1, 0.15) is 13.8 Å². The molecule has 0 atom stereocenters. The second kappa shape index (κ2) is 8.42. The smallest absolute Gasteiger partial charge is 0.414 e. The Bertz CT molecular complexity index is 913. The number of rotatable bonds is 3. The number of benzene rings is 2. The predicted molar refractivity (Wildman–Crippen MR) is 103 cm³/mol. The molecule has 29 heavy (non-hydrogen) atoms. The summed E-state index contributed by atoms with van der Waals surface area (Å²) in [5.74, 6) is -4.24. The van der Waals surface area contributed by atoms with Gasteiger partial charge in [0.15, 0.2) is 17.5 Å². The van der Waals surface area contributed by atoms with E-state index in [9.17, 15) is 22.8 Å². The van der Waals surface area contributed by atoms with Crippen molar-refractivity contribution >= 4 is 29.2 Å². The fraction of sp³-hybridized carbons (Fsp3) is 0.300. The molecule has 2 aromatic rings. The highest BCUT2D eigenvalue weighted by molar-refractivity contribution is 6.06. The SMILES string of the molecule is CC(C)COC(=O)N1CCN(C(=O)Nc2cc(F)c(F)c(F)c2)c2ccccc21. The number of fused-ring (bicyclic) bond motifs is 1. The van der Waals surface area contributed by atoms with Gasteiger partial charge in [-0.1, -0.05) is 26.0 Å². The molecule has 0 radical (unpaired) electrons. The van der Waals surface area contributed by atoms with Crippen molar-refractivity contribution in [1.29, 1.82) is 0 Å².